The van der Waals surface area contributed by atoms with Crippen molar-refractivity contribution in [3.05, 3.63) is 47.8 Å². The Balaban J connectivity index is 0.00000225. The van der Waals surface area contributed by atoms with Gasteiger partial charge in [-0.05, 0) is 31.5 Å². The third-order valence-corrected chi connectivity index (χ3v) is 5.29. The van der Waals surface area contributed by atoms with E-state index < -0.39 is 0 Å². The predicted molar refractivity (Wildman–Crippen MR) is 106 cm³/mol. The lowest BCUT2D eigenvalue weighted by atomic mass is 10.0. The zero-order valence-corrected chi connectivity index (χ0v) is 16.4. The van der Waals surface area contributed by atoms with Gasteiger partial charge in [0.05, 0.1) is 24.7 Å². The van der Waals surface area contributed by atoms with Gasteiger partial charge in [0.1, 0.15) is 0 Å². The van der Waals surface area contributed by atoms with E-state index in [1.54, 1.807) is 11.1 Å². The van der Waals surface area contributed by atoms with Crippen LogP contribution in [0.25, 0.3) is 0 Å². The number of halogens is 1. The van der Waals surface area contributed by atoms with Crippen LogP contribution in [0, 0.1) is 0 Å². The molecule has 2 N–H and O–H groups in total. The molecule has 2 fully saturated rings. The molecule has 9 heteroatoms. The van der Waals surface area contributed by atoms with Crippen LogP contribution in [-0.2, 0) is 4.79 Å². The minimum Gasteiger partial charge on any atom is -0.354 e. The zero-order chi connectivity index (χ0) is 18.6. The number of nitrogens with zero attached hydrogens (tertiary/aromatic N) is 4. The number of hydrogen-bond acceptors (Lipinski definition) is 5. The molecule has 150 valence electrons. The fourth-order valence-electron chi connectivity index (χ4n) is 3.82. The van der Waals surface area contributed by atoms with Gasteiger partial charge in [-0.3, -0.25) is 9.59 Å². The molecular weight excluding hydrogens is 380 g/mol. The molecule has 0 bridgehead atoms. The topological polar surface area (TPSA) is 92.2 Å². The predicted octanol–water partition coefficient (Wildman–Crippen LogP) is 1.33. The normalized spacial score (nSPS) is 20.8. The number of aromatic nitrogens is 3. The van der Waals surface area contributed by atoms with Gasteiger partial charge in [-0.25, -0.2) is 4.68 Å². The first-order valence-electron chi connectivity index (χ1n) is 9.47. The van der Waals surface area contributed by atoms with Gasteiger partial charge in [0.15, 0.2) is 5.69 Å². The van der Waals surface area contributed by atoms with E-state index in [0.29, 0.717) is 18.8 Å². The second kappa shape index (κ2) is 9.16. The Morgan fingerprint density at radius 2 is 1.86 bits per heavy atom. The molecule has 0 radical (unpaired) electrons. The van der Waals surface area contributed by atoms with E-state index in [2.05, 4.69) is 20.9 Å². The number of carbonyl (C=O) groups excluding carboxylic acids is 2. The Labute approximate surface area is 170 Å². The lowest BCUT2D eigenvalue weighted by Crippen LogP contribution is -2.36. The summed E-state index contributed by atoms with van der Waals surface area (Å²) in [6.07, 6.45) is 3.95. The number of piperidine rings is 1. The molecule has 2 aromatic rings. The van der Waals surface area contributed by atoms with Gasteiger partial charge >= 0.3 is 0 Å². The molecule has 2 saturated heterocycles. The lowest BCUT2D eigenvalue weighted by Gasteiger charge is -2.28. The van der Waals surface area contributed by atoms with Crippen molar-refractivity contribution in [2.24, 2.45) is 0 Å². The molecule has 0 aliphatic carbocycles. The van der Waals surface area contributed by atoms with E-state index in [0.717, 1.165) is 31.5 Å². The van der Waals surface area contributed by atoms with Crippen LogP contribution in [0.3, 0.4) is 0 Å². The van der Waals surface area contributed by atoms with Crippen LogP contribution in [0.1, 0.15) is 47.4 Å². The third-order valence-electron chi connectivity index (χ3n) is 5.29. The quantitative estimate of drug-likeness (QED) is 0.805. The molecule has 0 spiro atoms. The van der Waals surface area contributed by atoms with Gasteiger partial charge in [-0.1, -0.05) is 35.5 Å². The largest absolute Gasteiger partial charge is 0.354 e. The summed E-state index contributed by atoms with van der Waals surface area (Å²) >= 11 is 0. The Hall–Kier alpha value is -2.45. The molecule has 2 aliphatic rings. The summed E-state index contributed by atoms with van der Waals surface area (Å²) in [5.41, 5.74) is 1.29. The first kappa shape index (κ1) is 20.3. The fourth-order valence-corrected chi connectivity index (χ4v) is 3.82. The van der Waals surface area contributed by atoms with Crippen LogP contribution < -0.4 is 10.6 Å². The maximum atomic E-state index is 13.2. The van der Waals surface area contributed by atoms with E-state index in [9.17, 15) is 9.59 Å². The average Bonchev–Trinajstić information content (AvgIpc) is 3.13. The van der Waals surface area contributed by atoms with Gasteiger partial charge in [0, 0.05) is 13.1 Å². The highest BCUT2D eigenvalue weighted by atomic mass is 35.5. The second-order valence-corrected chi connectivity index (χ2v) is 7.04. The van der Waals surface area contributed by atoms with Crippen molar-refractivity contribution in [2.45, 2.75) is 31.3 Å². The standard InChI is InChI=1S/C19H24N6O2.ClH/c26-18-12-17(14-4-2-1-3-5-14)24(11-10-21-18)19(27)16-13-25(23-22-16)15-6-8-20-9-7-15;/h1-5,13,15,17,20H,6-12H2,(H,21,26);1H. The maximum absolute atomic E-state index is 13.2. The Bertz CT molecular complexity index is 806. The van der Waals surface area contributed by atoms with E-state index >= 15 is 0 Å². The van der Waals surface area contributed by atoms with Crippen LogP contribution >= 0.6 is 12.4 Å². The summed E-state index contributed by atoms with van der Waals surface area (Å²) in [5, 5.41) is 14.5. The molecule has 8 nitrogen and oxygen atoms in total. The zero-order valence-electron chi connectivity index (χ0n) is 15.6. The monoisotopic (exact) mass is 404 g/mol. The molecule has 3 heterocycles. The number of nitrogens with one attached hydrogen (secondary N) is 2. The van der Waals surface area contributed by atoms with E-state index in [4.69, 9.17) is 0 Å². The van der Waals surface area contributed by atoms with Crippen molar-refractivity contribution in [1.29, 1.82) is 0 Å². The van der Waals surface area contributed by atoms with Crippen molar-refractivity contribution < 1.29 is 9.59 Å². The number of hydrogen-bond donors (Lipinski definition) is 2. The molecule has 2 amide bonds. The molecule has 4 rings (SSSR count). The maximum Gasteiger partial charge on any atom is 0.276 e. The van der Waals surface area contributed by atoms with Gasteiger partial charge in [-0.15, -0.1) is 17.5 Å². The molecule has 1 aromatic heterocycles. The first-order valence-corrected chi connectivity index (χ1v) is 9.47. The summed E-state index contributed by atoms with van der Waals surface area (Å²) in [4.78, 5) is 27.0. The first-order chi connectivity index (χ1) is 13.2. The Morgan fingerprint density at radius 1 is 1.11 bits per heavy atom. The fraction of sp³-hybridized carbons (Fsp3) is 0.474. The summed E-state index contributed by atoms with van der Waals surface area (Å²) < 4.78 is 1.81. The molecule has 1 atom stereocenters. The summed E-state index contributed by atoms with van der Waals surface area (Å²) in [7, 11) is 0. The van der Waals surface area contributed by atoms with E-state index in [1.807, 2.05) is 35.0 Å². The summed E-state index contributed by atoms with van der Waals surface area (Å²) in [6.45, 7) is 2.79. The van der Waals surface area contributed by atoms with Gasteiger partial charge in [0.2, 0.25) is 5.91 Å². The van der Waals surface area contributed by atoms with E-state index in [1.165, 1.54) is 0 Å². The van der Waals surface area contributed by atoms with Crippen molar-refractivity contribution >= 4 is 24.2 Å². The van der Waals surface area contributed by atoms with Crippen LogP contribution in [-0.4, -0.2) is 57.9 Å². The summed E-state index contributed by atoms with van der Waals surface area (Å²) in [6, 6.07) is 9.66. The van der Waals surface area contributed by atoms with Crippen LogP contribution in [0.15, 0.2) is 36.5 Å². The van der Waals surface area contributed by atoms with Gasteiger partial charge < -0.3 is 15.5 Å². The van der Waals surface area contributed by atoms with Crippen LogP contribution in [0.5, 0.6) is 0 Å². The van der Waals surface area contributed by atoms with E-state index in [-0.39, 0.29) is 42.7 Å². The second-order valence-electron chi connectivity index (χ2n) is 7.04. The SMILES string of the molecule is Cl.O=C1CC(c2ccccc2)N(C(=O)c2cn(C3CCNCC3)nn2)CCN1. The highest BCUT2D eigenvalue weighted by Crippen LogP contribution is 2.27. The highest BCUT2D eigenvalue weighted by Gasteiger charge is 2.32. The van der Waals surface area contributed by atoms with Crippen molar-refractivity contribution in [2.75, 3.05) is 26.2 Å². The van der Waals surface area contributed by atoms with Crippen molar-refractivity contribution in [3.8, 4) is 0 Å². The number of amides is 2. The minimum absolute atomic E-state index is 0. The van der Waals surface area contributed by atoms with Crippen molar-refractivity contribution in [1.82, 2.24) is 30.5 Å². The molecule has 1 unspecified atom stereocenters. The molecule has 28 heavy (non-hydrogen) atoms. The molecular formula is C19H25ClN6O2. The Kier molecular flexibility index (Phi) is 6.64. The smallest absolute Gasteiger partial charge is 0.276 e. The molecule has 0 saturated carbocycles. The number of benzene rings is 1. The number of rotatable bonds is 3. The highest BCUT2D eigenvalue weighted by molar-refractivity contribution is 5.93. The van der Waals surface area contributed by atoms with Gasteiger partial charge in [0.25, 0.3) is 5.91 Å². The van der Waals surface area contributed by atoms with Crippen LogP contribution in [0.2, 0.25) is 0 Å². The lowest BCUT2D eigenvalue weighted by molar-refractivity contribution is -0.121. The van der Waals surface area contributed by atoms with Gasteiger partial charge in [-0.2, -0.15) is 0 Å². The Morgan fingerprint density at radius 3 is 2.61 bits per heavy atom. The molecule has 2 aliphatic heterocycles. The van der Waals surface area contributed by atoms with Crippen LogP contribution in [0.4, 0.5) is 0 Å². The third kappa shape index (κ3) is 4.34. The number of carbonyl (C=O) groups is 2. The minimum atomic E-state index is -0.301. The molecule has 1 aromatic carbocycles. The summed E-state index contributed by atoms with van der Waals surface area (Å²) in [5.74, 6) is -0.224. The average molecular weight is 405 g/mol. The van der Waals surface area contributed by atoms with Crippen molar-refractivity contribution in [3.63, 3.8) is 0 Å².